The Kier molecular flexibility index (Phi) is 3.84. The van der Waals surface area contributed by atoms with Crippen molar-refractivity contribution < 1.29 is 13.2 Å². The summed E-state index contributed by atoms with van der Waals surface area (Å²) in [7, 11) is 0. The zero-order chi connectivity index (χ0) is 14.8. The lowest BCUT2D eigenvalue weighted by atomic mass is 10.2. The third-order valence-corrected chi connectivity index (χ3v) is 2.61. The van der Waals surface area contributed by atoms with Crippen molar-refractivity contribution in [1.82, 2.24) is 9.97 Å². The highest BCUT2D eigenvalue weighted by atomic mass is 32.1. The van der Waals surface area contributed by atoms with Crippen LogP contribution in [0.15, 0.2) is 36.7 Å². The van der Waals surface area contributed by atoms with E-state index in [2.05, 4.69) is 15.3 Å². The Hall–Kier alpha value is -2.22. The fourth-order valence-corrected chi connectivity index (χ4v) is 1.56. The molecule has 4 nitrogen and oxygen atoms in total. The minimum Gasteiger partial charge on any atom is -0.389 e. The quantitative estimate of drug-likeness (QED) is 0.853. The predicted molar refractivity (Wildman–Crippen MR) is 72.6 cm³/mol. The molecule has 0 atom stereocenters. The molecule has 0 aliphatic rings. The lowest BCUT2D eigenvalue weighted by molar-refractivity contribution is -0.141. The molecule has 0 radical (unpaired) electrons. The molecule has 0 saturated heterocycles. The number of nitrogens with zero attached hydrogens (tertiary/aromatic N) is 2. The molecule has 0 aliphatic heterocycles. The standard InChI is InChI=1S/C12H9F3N4S/c13-12(14,15)9-2-1-8(6-18-9)19-10-5-7(11(16)20)3-4-17-10/h1-6H,(H2,16,20)(H,17,19). The van der Waals surface area contributed by atoms with Gasteiger partial charge in [-0.25, -0.2) is 9.97 Å². The van der Waals surface area contributed by atoms with Crippen LogP contribution in [0.25, 0.3) is 0 Å². The first kappa shape index (κ1) is 14.2. The second-order valence-corrected chi connectivity index (χ2v) is 4.29. The molecule has 0 saturated carbocycles. The Morgan fingerprint density at radius 1 is 1.20 bits per heavy atom. The van der Waals surface area contributed by atoms with E-state index in [-0.39, 0.29) is 4.99 Å². The number of nitrogens with two attached hydrogens (primary N) is 1. The Balaban J connectivity index is 2.18. The smallest absolute Gasteiger partial charge is 0.389 e. The molecule has 0 aliphatic carbocycles. The summed E-state index contributed by atoms with van der Waals surface area (Å²) in [6, 6.07) is 5.39. The number of rotatable bonds is 3. The highest BCUT2D eigenvalue weighted by molar-refractivity contribution is 7.80. The molecule has 8 heteroatoms. The average molecular weight is 298 g/mol. The molecule has 2 aromatic heterocycles. The van der Waals surface area contributed by atoms with Gasteiger partial charge in [0.1, 0.15) is 16.5 Å². The summed E-state index contributed by atoms with van der Waals surface area (Å²) < 4.78 is 37.1. The number of thiocarbonyl (C=S) groups is 1. The zero-order valence-electron chi connectivity index (χ0n) is 9.98. The molecule has 2 aromatic rings. The van der Waals surface area contributed by atoms with Crippen LogP contribution in [-0.2, 0) is 6.18 Å². The molecule has 20 heavy (non-hydrogen) atoms. The van der Waals surface area contributed by atoms with E-state index < -0.39 is 11.9 Å². The van der Waals surface area contributed by atoms with Gasteiger partial charge in [0.15, 0.2) is 0 Å². The van der Waals surface area contributed by atoms with Crippen LogP contribution in [-0.4, -0.2) is 15.0 Å². The van der Waals surface area contributed by atoms with Gasteiger partial charge in [-0.1, -0.05) is 12.2 Å². The number of nitrogens with one attached hydrogen (secondary N) is 1. The van der Waals surface area contributed by atoms with Crippen LogP contribution in [0.2, 0.25) is 0 Å². The SMILES string of the molecule is NC(=S)c1ccnc(Nc2ccc(C(F)(F)F)nc2)c1. The van der Waals surface area contributed by atoms with Crippen molar-refractivity contribution in [3.63, 3.8) is 0 Å². The highest BCUT2D eigenvalue weighted by Gasteiger charge is 2.31. The van der Waals surface area contributed by atoms with Gasteiger partial charge >= 0.3 is 6.18 Å². The molecule has 3 N–H and O–H groups in total. The first-order valence-electron chi connectivity index (χ1n) is 5.42. The zero-order valence-corrected chi connectivity index (χ0v) is 10.8. The van der Waals surface area contributed by atoms with E-state index in [1.54, 1.807) is 12.1 Å². The second-order valence-electron chi connectivity index (χ2n) is 3.85. The Morgan fingerprint density at radius 3 is 2.50 bits per heavy atom. The number of pyridine rings is 2. The largest absolute Gasteiger partial charge is 0.433 e. The molecular formula is C12H9F3N4S. The summed E-state index contributed by atoms with van der Waals surface area (Å²) in [5.74, 6) is 0.414. The highest BCUT2D eigenvalue weighted by Crippen LogP contribution is 2.28. The maximum Gasteiger partial charge on any atom is 0.433 e. The van der Waals surface area contributed by atoms with Crippen molar-refractivity contribution in [3.8, 4) is 0 Å². The third kappa shape index (κ3) is 3.41. The maximum atomic E-state index is 12.4. The normalized spacial score (nSPS) is 11.2. The van der Waals surface area contributed by atoms with Crippen LogP contribution in [0, 0.1) is 0 Å². The van der Waals surface area contributed by atoms with E-state index in [0.29, 0.717) is 17.1 Å². The van der Waals surface area contributed by atoms with Gasteiger partial charge in [0.05, 0.1) is 11.9 Å². The summed E-state index contributed by atoms with van der Waals surface area (Å²) in [5, 5.41) is 2.82. The number of hydrogen-bond acceptors (Lipinski definition) is 4. The number of halogens is 3. The molecular weight excluding hydrogens is 289 g/mol. The van der Waals surface area contributed by atoms with Gasteiger partial charge in [-0.15, -0.1) is 0 Å². The third-order valence-electron chi connectivity index (χ3n) is 2.37. The molecule has 0 aromatic carbocycles. The van der Waals surface area contributed by atoms with Crippen LogP contribution in [0.3, 0.4) is 0 Å². The van der Waals surface area contributed by atoms with Crippen molar-refractivity contribution in [3.05, 3.63) is 47.9 Å². The van der Waals surface area contributed by atoms with Crippen LogP contribution >= 0.6 is 12.2 Å². The summed E-state index contributed by atoms with van der Waals surface area (Å²) in [5.41, 5.74) is 5.52. The number of aromatic nitrogens is 2. The number of anilines is 2. The van der Waals surface area contributed by atoms with Gasteiger partial charge in [0.25, 0.3) is 0 Å². The van der Waals surface area contributed by atoms with Crippen molar-refractivity contribution in [2.24, 2.45) is 5.73 Å². The monoisotopic (exact) mass is 298 g/mol. The van der Waals surface area contributed by atoms with Gasteiger partial charge in [-0.3, -0.25) is 0 Å². The average Bonchev–Trinajstić information content (AvgIpc) is 2.38. The molecule has 2 rings (SSSR count). The van der Waals surface area contributed by atoms with Crippen molar-refractivity contribution in [1.29, 1.82) is 0 Å². The lowest BCUT2D eigenvalue weighted by Gasteiger charge is -2.08. The fourth-order valence-electron chi connectivity index (χ4n) is 1.44. The maximum absolute atomic E-state index is 12.4. The van der Waals surface area contributed by atoms with Gasteiger partial charge in [0, 0.05) is 11.8 Å². The Bertz CT molecular complexity index is 625. The molecule has 2 heterocycles. The summed E-state index contributed by atoms with van der Waals surface area (Å²) >= 11 is 4.83. The van der Waals surface area contributed by atoms with Gasteiger partial charge in [-0.2, -0.15) is 13.2 Å². The number of hydrogen-bond donors (Lipinski definition) is 2. The predicted octanol–water partition coefficient (Wildman–Crippen LogP) is 2.87. The Labute approximate surface area is 117 Å². The molecule has 0 spiro atoms. The lowest BCUT2D eigenvalue weighted by Crippen LogP contribution is -2.10. The first-order chi connectivity index (χ1) is 9.36. The summed E-state index contributed by atoms with van der Waals surface area (Å²) in [4.78, 5) is 7.56. The first-order valence-corrected chi connectivity index (χ1v) is 5.83. The molecule has 0 amide bonds. The minimum atomic E-state index is -4.46. The van der Waals surface area contributed by atoms with E-state index in [4.69, 9.17) is 18.0 Å². The van der Waals surface area contributed by atoms with Crippen LogP contribution in [0.4, 0.5) is 24.7 Å². The summed E-state index contributed by atoms with van der Waals surface area (Å²) in [6.45, 7) is 0. The fraction of sp³-hybridized carbons (Fsp3) is 0.0833. The van der Waals surface area contributed by atoms with Crippen molar-refractivity contribution >= 4 is 28.7 Å². The van der Waals surface area contributed by atoms with Crippen molar-refractivity contribution in [2.75, 3.05) is 5.32 Å². The molecule has 0 bridgehead atoms. The van der Waals surface area contributed by atoms with E-state index in [1.165, 1.54) is 12.3 Å². The van der Waals surface area contributed by atoms with E-state index in [1.807, 2.05) is 0 Å². The van der Waals surface area contributed by atoms with Gasteiger partial charge < -0.3 is 11.1 Å². The van der Waals surface area contributed by atoms with Crippen molar-refractivity contribution in [2.45, 2.75) is 6.18 Å². The van der Waals surface area contributed by atoms with E-state index in [9.17, 15) is 13.2 Å². The van der Waals surface area contributed by atoms with Crippen LogP contribution in [0.1, 0.15) is 11.3 Å². The Morgan fingerprint density at radius 2 is 1.95 bits per heavy atom. The topological polar surface area (TPSA) is 63.8 Å². The molecule has 0 unspecified atom stereocenters. The molecule has 104 valence electrons. The van der Waals surface area contributed by atoms with Gasteiger partial charge in [0.2, 0.25) is 0 Å². The molecule has 0 fully saturated rings. The second kappa shape index (κ2) is 5.41. The van der Waals surface area contributed by atoms with E-state index >= 15 is 0 Å². The van der Waals surface area contributed by atoms with E-state index in [0.717, 1.165) is 12.3 Å². The number of alkyl halides is 3. The van der Waals surface area contributed by atoms with Crippen LogP contribution < -0.4 is 11.1 Å². The minimum absolute atomic E-state index is 0.209. The van der Waals surface area contributed by atoms with Crippen LogP contribution in [0.5, 0.6) is 0 Å². The van der Waals surface area contributed by atoms with Gasteiger partial charge in [-0.05, 0) is 24.3 Å². The summed E-state index contributed by atoms with van der Waals surface area (Å²) in [6.07, 6.45) is -1.88.